The van der Waals surface area contributed by atoms with Gasteiger partial charge in [0.25, 0.3) is 5.92 Å². The van der Waals surface area contributed by atoms with Gasteiger partial charge in [-0.1, -0.05) is 6.92 Å². The van der Waals surface area contributed by atoms with Crippen molar-refractivity contribution in [1.82, 2.24) is 10.2 Å². The van der Waals surface area contributed by atoms with Crippen LogP contribution in [0.4, 0.5) is 13.6 Å². The van der Waals surface area contributed by atoms with Gasteiger partial charge in [0.15, 0.2) is 0 Å². The van der Waals surface area contributed by atoms with Crippen LogP contribution in [0, 0.1) is 16.7 Å². The Bertz CT molecular complexity index is 467. The van der Waals surface area contributed by atoms with E-state index >= 15 is 0 Å². The summed E-state index contributed by atoms with van der Waals surface area (Å²) in [6.07, 6.45) is 7.68. The average molecular weight is 298 g/mol. The number of nitrogens with zero attached hydrogens (tertiary/aromatic N) is 1. The van der Waals surface area contributed by atoms with Crippen molar-refractivity contribution < 1.29 is 13.6 Å². The maximum atomic E-state index is 13.7. The second-order valence-electron chi connectivity index (χ2n) is 8.01. The maximum absolute atomic E-state index is 13.7. The van der Waals surface area contributed by atoms with Crippen LogP contribution in [0.3, 0.4) is 0 Å². The zero-order valence-electron chi connectivity index (χ0n) is 12.6. The van der Waals surface area contributed by atoms with Crippen molar-refractivity contribution in [2.75, 3.05) is 13.1 Å². The monoisotopic (exact) mass is 298 g/mol. The van der Waals surface area contributed by atoms with Gasteiger partial charge in [-0.15, -0.1) is 0 Å². The lowest BCUT2D eigenvalue weighted by atomic mass is 9.83. The van der Waals surface area contributed by atoms with Crippen molar-refractivity contribution in [3.63, 3.8) is 0 Å². The first-order chi connectivity index (χ1) is 9.86. The van der Waals surface area contributed by atoms with Gasteiger partial charge in [0.2, 0.25) is 0 Å². The largest absolute Gasteiger partial charge is 0.335 e. The number of likely N-dealkylation sites (tertiary alicyclic amines) is 1. The van der Waals surface area contributed by atoms with Crippen LogP contribution in [-0.4, -0.2) is 36.0 Å². The third-order valence-corrected chi connectivity index (χ3v) is 6.81. The Balaban J connectivity index is 1.30. The molecule has 2 amide bonds. The minimum Gasteiger partial charge on any atom is -0.335 e. The molecule has 5 heteroatoms. The lowest BCUT2D eigenvalue weighted by molar-refractivity contribution is 0.0636. The number of rotatable bonds is 1. The van der Waals surface area contributed by atoms with Crippen molar-refractivity contribution >= 4 is 6.03 Å². The number of halogens is 2. The van der Waals surface area contributed by atoms with Gasteiger partial charge in [-0.2, -0.15) is 0 Å². The summed E-state index contributed by atoms with van der Waals surface area (Å²) in [7, 11) is 0. The van der Waals surface area contributed by atoms with E-state index in [2.05, 4.69) is 5.32 Å². The second kappa shape index (κ2) is 4.11. The summed E-state index contributed by atoms with van der Waals surface area (Å²) in [6, 6.07) is 0.119. The summed E-state index contributed by atoms with van der Waals surface area (Å²) in [5, 5.41) is 3.08. The molecule has 0 aromatic carbocycles. The topological polar surface area (TPSA) is 32.3 Å². The van der Waals surface area contributed by atoms with E-state index in [4.69, 9.17) is 0 Å². The highest BCUT2D eigenvalue weighted by atomic mass is 19.3. The predicted molar refractivity (Wildman–Crippen MR) is 75.2 cm³/mol. The summed E-state index contributed by atoms with van der Waals surface area (Å²) in [5.41, 5.74) is -0.239. The maximum Gasteiger partial charge on any atom is 0.317 e. The molecule has 2 unspecified atom stereocenters. The molecule has 4 rings (SSSR count). The van der Waals surface area contributed by atoms with E-state index in [1.807, 2.05) is 0 Å². The number of piperidine rings is 1. The highest BCUT2D eigenvalue weighted by Crippen LogP contribution is 2.69. The summed E-state index contributed by atoms with van der Waals surface area (Å²) >= 11 is 0. The Morgan fingerprint density at radius 2 is 1.81 bits per heavy atom. The number of carbonyl (C=O) groups is 1. The summed E-state index contributed by atoms with van der Waals surface area (Å²) in [6.45, 7) is 2.33. The molecule has 1 N–H and O–H groups in total. The van der Waals surface area contributed by atoms with Crippen molar-refractivity contribution in [2.24, 2.45) is 16.7 Å². The quantitative estimate of drug-likeness (QED) is 0.790. The smallest absolute Gasteiger partial charge is 0.317 e. The number of alkyl halides is 2. The van der Waals surface area contributed by atoms with E-state index in [1.165, 1.54) is 25.7 Å². The molecule has 4 fully saturated rings. The van der Waals surface area contributed by atoms with E-state index < -0.39 is 17.3 Å². The van der Waals surface area contributed by atoms with Gasteiger partial charge < -0.3 is 10.2 Å². The minimum atomic E-state index is -2.58. The Hall–Kier alpha value is -0.870. The predicted octanol–water partition coefficient (Wildman–Crippen LogP) is 3.40. The lowest BCUT2D eigenvalue weighted by Gasteiger charge is -2.33. The molecular formula is C16H24F2N2O. The third-order valence-electron chi connectivity index (χ3n) is 6.81. The first kappa shape index (κ1) is 13.8. The molecule has 118 valence electrons. The zero-order chi connectivity index (χ0) is 14.9. The number of hydrogen-bond acceptors (Lipinski definition) is 1. The summed E-state index contributed by atoms with van der Waals surface area (Å²) < 4.78 is 27.4. The highest BCUT2D eigenvalue weighted by molar-refractivity contribution is 5.75. The van der Waals surface area contributed by atoms with E-state index in [0.29, 0.717) is 18.4 Å². The van der Waals surface area contributed by atoms with Crippen LogP contribution in [0.2, 0.25) is 0 Å². The van der Waals surface area contributed by atoms with Crippen LogP contribution in [0.1, 0.15) is 51.9 Å². The molecule has 0 aromatic heterocycles. The fourth-order valence-electron chi connectivity index (χ4n) is 4.51. The molecule has 1 spiro atoms. The lowest BCUT2D eigenvalue weighted by Crippen LogP contribution is -2.49. The van der Waals surface area contributed by atoms with Gasteiger partial charge in [-0.05, 0) is 50.4 Å². The van der Waals surface area contributed by atoms with Crippen LogP contribution < -0.4 is 5.32 Å². The Morgan fingerprint density at radius 1 is 1.14 bits per heavy atom. The Kier molecular flexibility index (Phi) is 2.69. The number of hydrogen-bond donors (Lipinski definition) is 1. The number of nitrogens with one attached hydrogen (secondary N) is 1. The fourth-order valence-corrected chi connectivity index (χ4v) is 4.51. The number of fused-ring (bicyclic) bond motifs is 1. The molecule has 0 bridgehead atoms. The normalized spacial score (nSPS) is 39.8. The molecule has 3 saturated carbocycles. The molecule has 1 saturated heterocycles. The standard InChI is InChI=1S/C16H24F2N2O/c1-14-8-9-20(10-12(14)16(14,17)18)13(21)19-11-2-4-15(5-3-11)6-7-15/h11-12H,2-10H2,1H3,(H,19,21). The molecule has 2 atom stereocenters. The second-order valence-corrected chi connectivity index (χ2v) is 8.01. The molecular weight excluding hydrogens is 274 g/mol. The van der Waals surface area contributed by atoms with Gasteiger partial charge in [0.05, 0.1) is 5.92 Å². The molecule has 0 radical (unpaired) electrons. The van der Waals surface area contributed by atoms with Gasteiger partial charge in [-0.25, -0.2) is 13.6 Å². The van der Waals surface area contributed by atoms with E-state index in [-0.39, 0.29) is 18.6 Å². The van der Waals surface area contributed by atoms with Crippen LogP contribution in [-0.2, 0) is 0 Å². The molecule has 21 heavy (non-hydrogen) atoms. The molecule has 1 heterocycles. The van der Waals surface area contributed by atoms with Crippen LogP contribution >= 0.6 is 0 Å². The van der Waals surface area contributed by atoms with Gasteiger partial charge in [-0.3, -0.25) is 0 Å². The van der Waals surface area contributed by atoms with Crippen LogP contribution in [0.5, 0.6) is 0 Å². The third kappa shape index (κ3) is 1.99. The minimum absolute atomic E-state index is 0.128. The van der Waals surface area contributed by atoms with E-state index in [0.717, 1.165) is 12.8 Å². The van der Waals surface area contributed by atoms with Crippen LogP contribution in [0.25, 0.3) is 0 Å². The number of urea groups is 1. The summed E-state index contributed by atoms with van der Waals surface area (Å²) in [4.78, 5) is 13.9. The van der Waals surface area contributed by atoms with Gasteiger partial charge in [0, 0.05) is 24.5 Å². The highest BCUT2D eigenvalue weighted by Gasteiger charge is 2.78. The Labute approximate surface area is 124 Å². The summed E-state index contributed by atoms with van der Waals surface area (Å²) in [5.74, 6) is -3.21. The average Bonchev–Trinajstić information content (AvgIpc) is 3.30. The van der Waals surface area contributed by atoms with Gasteiger partial charge in [0.1, 0.15) is 0 Å². The van der Waals surface area contributed by atoms with Crippen molar-refractivity contribution in [1.29, 1.82) is 0 Å². The first-order valence-electron chi connectivity index (χ1n) is 8.30. The first-order valence-corrected chi connectivity index (χ1v) is 8.30. The van der Waals surface area contributed by atoms with Crippen molar-refractivity contribution in [3.8, 4) is 0 Å². The molecule has 3 nitrogen and oxygen atoms in total. The van der Waals surface area contributed by atoms with Crippen LogP contribution in [0.15, 0.2) is 0 Å². The molecule has 4 aliphatic rings. The van der Waals surface area contributed by atoms with Gasteiger partial charge >= 0.3 is 6.03 Å². The molecule has 1 aliphatic heterocycles. The van der Waals surface area contributed by atoms with E-state index in [9.17, 15) is 13.6 Å². The molecule has 3 aliphatic carbocycles. The number of carbonyl (C=O) groups excluding carboxylic acids is 1. The van der Waals surface area contributed by atoms with E-state index in [1.54, 1.807) is 11.8 Å². The van der Waals surface area contributed by atoms with Crippen molar-refractivity contribution in [3.05, 3.63) is 0 Å². The zero-order valence-corrected chi connectivity index (χ0v) is 12.6. The SMILES string of the molecule is CC12CCN(C(=O)NC3CCC4(CC3)CC4)CC1C2(F)F. The van der Waals surface area contributed by atoms with Crippen molar-refractivity contribution in [2.45, 2.75) is 63.8 Å². The molecule has 0 aromatic rings. The number of amides is 2. The fraction of sp³-hybridized carbons (Fsp3) is 0.938. The Morgan fingerprint density at radius 3 is 2.38 bits per heavy atom.